The Morgan fingerprint density at radius 2 is 1.90 bits per heavy atom. The van der Waals surface area contributed by atoms with Crippen LogP contribution in [0.3, 0.4) is 0 Å². The Bertz CT molecular complexity index is 1120. The summed E-state index contributed by atoms with van der Waals surface area (Å²) in [4.78, 5) is 19.7. The molecule has 1 amide bonds. The molecule has 0 saturated heterocycles. The lowest BCUT2D eigenvalue weighted by Crippen LogP contribution is -2.37. The molecule has 5 heteroatoms. The van der Waals surface area contributed by atoms with Crippen LogP contribution in [0.15, 0.2) is 71.7 Å². The Labute approximate surface area is 168 Å². The van der Waals surface area contributed by atoms with Crippen LogP contribution in [-0.4, -0.2) is 23.3 Å². The van der Waals surface area contributed by atoms with Gasteiger partial charge in [0.15, 0.2) is 0 Å². The van der Waals surface area contributed by atoms with Gasteiger partial charge in [0.25, 0.3) is 5.91 Å². The highest BCUT2D eigenvalue weighted by Crippen LogP contribution is 2.37. The van der Waals surface area contributed by atoms with E-state index in [1.54, 1.807) is 6.07 Å². The first-order valence-corrected chi connectivity index (χ1v) is 9.64. The van der Waals surface area contributed by atoms with E-state index in [0.717, 1.165) is 23.2 Å². The van der Waals surface area contributed by atoms with E-state index in [-0.39, 0.29) is 18.6 Å². The Balaban J connectivity index is 1.40. The van der Waals surface area contributed by atoms with Crippen molar-refractivity contribution in [2.75, 3.05) is 4.90 Å². The number of hydrogen-bond donors (Lipinski definition) is 1. The highest BCUT2D eigenvalue weighted by atomic mass is 16.5. The van der Waals surface area contributed by atoms with Crippen molar-refractivity contribution in [1.29, 1.82) is 0 Å². The smallest absolute Gasteiger partial charge is 0.261 e. The van der Waals surface area contributed by atoms with Gasteiger partial charge in [0.05, 0.1) is 23.9 Å². The maximum atomic E-state index is 13.2. The molecule has 29 heavy (non-hydrogen) atoms. The number of fused-ring (bicyclic) bond motifs is 4. The highest BCUT2D eigenvalue weighted by molar-refractivity contribution is 6.14. The van der Waals surface area contributed by atoms with E-state index in [1.807, 2.05) is 65.7 Å². The molecule has 0 unspecified atom stereocenters. The monoisotopic (exact) mass is 384 g/mol. The largest absolute Gasteiger partial charge is 0.489 e. The third-order valence-electron chi connectivity index (χ3n) is 5.40. The molecule has 0 radical (unpaired) electrons. The second kappa shape index (κ2) is 7.18. The highest BCUT2D eigenvalue weighted by Gasteiger charge is 2.35. The number of hydrogen-bond acceptors (Lipinski definition) is 4. The molecular weight excluding hydrogens is 364 g/mol. The summed E-state index contributed by atoms with van der Waals surface area (Å²) in [5.74, 6) is 0.625. The third kappa shape index (κ3) is 3.19. The number of aliphatic hydroxyl groups is 1. The number of amides is 1. The molecule has 0 bridgehead atoms. The van der Waals surface area contributed by atoms with Gasteiger partial charge in [-0.25, -0.2) is 0 Å². The Hall–Kier alpha value is -3.44. The van der Waals surface area contributed by atoms with Crippen LogP contribution in [0.25, 0.3) is 0 Å². The van der Waals surface area contributed by atoms with Gasteiger partial charge in [-0.15, -0.1) is 0 Å². The van der Waals surface area contributed by atoms with Crippen LogP contribution in [0.2, 0.25) is 0 Å². The summed E-state index contributed by atoms with van der Waals surface area (Å²) < 4.78 is 5.90. The van der Waals surface area contributed by atoms with Crippen molar-refractivity contribution in [3.63, 3.8) is 0 Å². The van der Waals surface area contributed by atoms with E-state index in [4.69, 9.17) is 4.74 Å². The molecule has 0 fully saturated rings. The number of aliphatic imine (C=N–C) groups is 1. The summed E-state index contributed by atoms with van der Waals surface area (Å²) in [6.45, 7) is 0.386. The zero-order valence-corrected chi connectivity index (χ0v) is 15.8. The van der Waals surface area contributed by atoms with Crippen LogP contribution < -0.4 is 9.64 Å². The van der Waals surface area contributed by atoms with E-state index in [9.17, 15) is 9.90 Å². The van der Waals surface area contributed by atoms with Crippen molar-refractivity contribution in [3.8, 4) is 5.75 Å². The zero-order chi connectivity index (χ0) is 19.8. The van der Waals surface area contributed by atoms with E-state index >= 15 is 0 Å². The number of nitrogens with zero attached hydrogens (tertiary/aromatic N) is 2. The second-order valence-electron chi connectivity index (χ2n) is 7.30. The van der Waals surface area contributed by atoms with Crippen LogP contribution in [0.5, 0.6) is 5.75 Å². The minimum Gasteiger partial charge on any atom is -0.489 e. The fraction of sp³-hybridized carbons (Fsp3) is 0.167. The number of ether oxygens (including phenoxy) is 1. The molecule has 1 atom stereocenters. The SMILES string of the molecule is O=C1c2ccc(OCc3cccc(CO)c3)cc2N=C[C@@H]2Cc3ccccc3N12. The fourth-order valence-electron chi connectivity index (χ4n) is 3.96. The van der Waals surface area contributed by atoms with Gasteiger partial charge in [0.2, 0.25) is 0 Å². The number of benzene rings is 3. The van der Waals surface area contributed by atoms with Crippen molar-refractivity contribution in [2.45, 2.75) is 25.7 Å². The standard InChI is InChI=1S/C24H20N2O3/c27-14-16-4-3-5-17(10-16)15-29-20-8-9-21-22(12-20)25-13-19-11-18-6-1-2-7-23(18)26(19)24(21)28/h1-10,12-13,19,27H,11,14-15H2/t19-/m0/s1. The second-order valence-corrected chi connectivity index (χ2v) is 7.30. The first-order chi connectivity index (χ1) is 14.2. The Morgan fingerprint density at radius 3 is 2.79 bits per heavy atom. The van der Waals surface area contributed by atoms with Crippen molar-refractivity contribution in [1.82, 2.24) is 0 Å². The van der Waals surface area contributed by atoms with Gasteiger partial charge in [-0.05, 0) is 34.9 Å². The molecule has 1 N–H and O–H groups in total. The topological polar surface area (TPSA) is 62.1 Å². The summed E-state index contributed by atoms with van der Waals surface area (Å²) in [5, 5.41) is 9.27. The average Bonchev–Trinajstić information content (AvgIpc) is 3.08. The van der Waals surface area contributed by atoms with Gasteiger partial charge in [-0.3, -0.25) is 14.7 Å². The van der Waals surface area contributed by atoms with Crippen molar-refractivity contribution < 1.29 is 14.6 Å². The normalized spacial score (nSPS) is 16.8. The Morgan fingerprint density at radius 1 is 1.03 bits per heavy atom. The summed E-state index contributed by atoms with van der Waals surface area (Å²) >= 11 is 0. The van der Waals surface area contributed by atoms with Gasteiger partial charge in [-0.1, -0.05) is 42.5 Å². The molecule has 0 aromatic heterocycles. The predicted molar refractivity (Wildman–Crippen MR) is 112 cm³/mol. The molecule has 2 aliphatic heterocycles. The molecule has 3 aromatic carbocycles. The van der Waals surface area contributed by atoms with E-state index in [1.165, 1.54) is 5.56 Å². The minimum absolute atomic E-state index is 0.00427. The zero-order valence-electron chi connectivity index (χ0n) is 15.8. The molecule has 5 nitrogen and oxygen atoms in total. The molecule has 2 heterocycles. The van der Waals surface area contributed by atoms with Crippen LogP contribution in [-0.2, 0) is 19.6 Å². The van der Waals surface area contributed by atoms with Crippen molar-refractivity contribution in [3.05, 3.63) is 89.0 Å². The molecule has 0 saturated carbocycles. The molecular formula is C24H20N2O3. The summed E-state index contributed by atoms with van der Waals surface area (Å²) in [5.41, 5.74) is 5.17. The summed E-state index contributed by atoms with van der Waals surface area (Å²) in [7, 11) is 0. The first kappa shape index (κ1) is 17.6. The number of anilines is 1. The molecule has 2 aliphatic rings. The fourth-order valence-corrected chi connectivity index (χ4v) is 3.96. The number of para-hydroxylation sites is 1. The van der Waals surface area contributed by atoms with Crippen molar-refractivity contribution >= 4 is 23.5 Å². The minimum atomic E-state index is -0.0575. The number of carbonyl (C=O) groups is 1. The van der Waals surface area contributed by atoms with Gasteiger partial charge in [0.1, 0.15) is 12.4 Å². The van der Waals surface area contributed by atoms with Crippen LogP contribution in [0, 0.1) is 0 Å². The molecule has 3 aromatic rings. The van der Waals surface area contributed by atoms with Gasteiger partial charge in [-0.2, -0.15) is 0 Å². The van der Waals surface area contributed by atoms with E-state index in [0.29, 0.717) is 23.6 Å². The van der Waals surface area contributed by atoms with Crippen LogP contribution >= 0.6 is 0 Å². The van der Waals surface area contributed by atoms with Crippen molar-refractivity contribution in [2.24, 2.45) is 4.99 Å². The van der Waals surface area contributed by atoms with E-state index in [2.05, 4.69) is 11.1 Å². The number of aliphatic hydroxyl groups excluding tert-OH is 1. The lowest BCUT2D eigenvalue weighted by atomic mass is 10.1. The molecule has 5 rings (SSSR count). The van der Waals surface area contributed by atoms with Crippen LogP contribution in [0.1, 0.15) is 27.0 Å². The van der Waals surface area contributed by atoms with Gasteiger partial charge >= 0.3 is 0 Å². The maximum Gasteiger partial charge on any atom is 0.261 e. The predicted octanol–water partition coefficient (Wildman–Crippen LogP) is 4.05. The summed E-state index contributed by atoms with van der Waals surface area (Å²) in [6.07, 6.45) is 2.64. The van der Waals surface area contributed by atoms with Gasteiger partial charge < -0.3 is 9.84 Å². The molecule has 0 spiro atoms. The van der Waals surface area contributed by atoms with Gasteiger partial charge in [0, 0.05) is 24.4 Å². The number of carbonyl (C=O) groups excluding carboxylic acids is 1. The maximum absolute atomic E-state index is 13.2. The lowest BCUT2D eigenvalue weighted by molar-refractivity contribution is 0.0987. The average molecular weight is 384 g/mol. The van der Waals surface area contributed by atoms with Crippen LogP contribution in [0.4, 0.5) is 11.4 Å². The third-order valence-corrected chi connectivity index (χ3v) is 5.40. The van der Waals surface area contributed by atoms with E-state index < -0.39 is 0 Å². The quantitative estimate of drug-likeness (QED) is 0.738. The number of rotatable bonds is 4. The molecule has 0 aliphatic carbocycles. The lowest BCUT2D eigenvalue weighted by Gasteiger charge is -2.21. The Kier molecular flexibility index (Phi) is 4.37. The summed E-state index contributed by atoms with van der Waals surface area (Å²) in [6, 6.07) is 21.0. The first-order valence-electron chi connectivity index (χ1n) is 9.64. The molecule has 144 valence electrons.